The molecule has 0 bridgehead atoms. The van der Waals surface area contributed by atoms with Crippen molar-refractivity contribution in [2.45, 2.75) is 44.2 Å². The molecule has 196 valence electrons. The Balaban J connectivity index is 2.72. The van der Waals surface area contributed by atoms with Crippen molar-refractivity contribution in [3.63, 3.8) is 0 Å². The van der Waals surface area contributed by atoms with E-state index < -0.39 is 69.0 Å². The van der Waals surface area contributed by atoms with Crippen LogP contribution >= 0.6 is 0 Å². The van der Waals surface area contributed by atoms with E-state index in [2.05, 4.69) is 10.3 Å². The molecule has 0 aliphatic carbocycles. The van der Waals surface area contributed by atoms with Crippen molar-refractivity contribution in [2.24, 2.45) is 0 Å². The quantitative estimate of drug-likeness (QED) is 0.107. The predicted octanol–water partition coefficient (Wildman–Crippen LogP) is -4.36. The molecule has 9 N–H and O–H groups in total. The molecule has 0 saturated carbocycles. The van der Waals surface area contributed by atoms with Crippen LogP contribution < -0.4 is 26.5 Å². The molecule has 2 atom stereocenters. The van der Waals surface area contributed by atoms with Crippen LogP contribution in [0, 0.1) is 0 Å². The SMILES string of the molecule is CN(C(=O)CCC[C@H](NC(=O)N[C@@H](CCC(=O)O)C(=O)O)C(=O)O)c1cc(B(O)O)c(B(O)O)cn1. The van der Waals surface area contributed by atoms with Gasteiger partial charge in [-0.3, -0.25) is 14.5 Å². The van der Waals surface area contributed by atoms with Gasteiger partial charge in [-0.25, -0.2) is 19.4 Å². The molecule has 0 aliphatic heterocycles. The summed E-state index contributed by atoms with van der Waals surface area (Å²) in [6, 6.07) is -3.13. The third kappa shape index (κ3) is 9.49. The molecule has 16 nitrogen and oxygen atoms in total. The molecule has 3 amide bonds. The van der Waals surface area contributed by atoms with Crippen molar-refractivity contribution in [3.05, 3.63) is 12.3 Å². The summed E-state index contributed by atoms with van der Waals surface area (Å²) >= 11 is 0. The van der Waals surface area contributed by atoms with Crippen molar-refractivity contribution in [2.75, 3.05) is 11.9 Å². The number of anilines is 1. The highest BCUT2D eigenvalue weighted by atomic mass is 16.4. The Bertz CT molecular complexity index is 977. The number of amides is 3. The van der Waals surface area contributed by atoms with E-state index >= 15 is 0 Å². The van der Waals surface area contributed by atoms with Gasteiger partial charge in [-0.1, -0.05) is 0 Å². The number of pyridine rings is 1. The highest BCUT2D eigenvalue weighted by molar-refractivity contribution is 6.71. The lowest BCUT2D eigenvalue weighted by Gasteiger charge is -2.20. The molecule has 0 fully saturated rings. The summed E-state index contributed by atoms with van der Waals surface area (Å²) in [5, 5.41) is 68.4. The number of aromatic nitrogens is 1. The standard InChI is InChI=1S/C18H26B2N4O12/c1-24(13-7-9(19(33)34)10(8-21-13)20(35)36)14(25)4-2-3-11(16(28)29)22-18(32)23-12(17(30)31)5-6-15(26)27/h7-8,11-12,33-36H,2-6H2,1H3,(H,26,27)(H,28,29)(H,30,31)(H2,22,23,32)/t11-,12-/m0/s1. The second kappa shape index (κ2) is 14.0. The molecule has 0 aromatic carbocycles. The van der Waals surface area contributed by atoms with E-state index in [9.17, 15) is 49.2 Å². The van der Waals surface area contributed by atoms with Crippen LogP contribution in [0.4, 0.5) is 10.6 Å². The number of carboxylic acids is 3. The molecule has 1 heterocycles. The molecule has 1 aromatic rings. The third-order valence-electron chi connectivity index (χ3n) is 4.97. The molecular weight excluding hydrogens is 486 g/mol. The number of carboxylic acid groups (broad SMARTS) is 3. The van der Waals surface area contributed by atoms with Gasteiger partial charge in [0.2, 0.25) is 5.91 Å². The van der Waals surface area contributed by atoms with Crippen LogP contribution in [-0.2, 0) is 19.2 Å². The first kappa shape index (κ1) is 30.3. The number of carbonyl (C=O) groups is 5. The third-order valence-corrected chi connectivity index (χ3v) is 4.97. The fraction of sp³-hybridized carbons (Fsp3) is 0.444. The molecule has 0 unspecified atom stereocenters. The zero-order chi connectivity index (χ0) is 27.6. The average molecular weight is 512 g/mol. The normalized spacial score (nSPS) is 12.1. The van der Waals surface area contributed by atoms with Crippen LogP contribution in [0.1, 0.15) is 32.1 Å². The summed E-state index contributed by atoms with van der Waals surface area (Å²) < 4.78 is 0. The summed E-state index contributed by atoms with van der Waals surface area (Å²) in [4.78, 5) is 62.6. The molecule has 18 heteroatoms. The van der Waals surface area contributed by atoms with E-state index in [0.29, 0.717) is 0 Å². The van der Waals surface area contributed by atoms with E-state index in [1.54, 1.807) is 0 Å². The van der Waals surface area contributed by atoms with Gasteiger partial charge in [0.05, 0.1) is 0 Å². The van der Waals surface area contributed by atoms with Gasteiger partial charge in [-0.2, -0.15) is 0 Å². The zero-order valence-corrected chi connectivity index (χ0v) is 19.1. The van der Waals surface area contributed by atoms with Gasteiger partial charge in [0.1, 0.15) is 17.9 Å². The van der Waals surface area contributed by atoms with Gasteiger partial charge in [0.15, 0.2) is 0 Å². The fourth-order valence-corrected chi connectivity index (χ4v) is 2.99. The predicted molar refractivity (Wildman–Crippen MR) is 123 cm³/mol. The second-order valence-electron chi connectivity index (χ2n) is 7.60. The summed E-state index contributed by atoms with van der Waals surface area (Å²) in [7, 11) is -2.81. The topological polar surface area (TPSA) is 267 Å². The van der Waals surface area contributed by atoms with Crippen LogP contribution in [0.5, 0.6) is 0 Å². The molecule has 0 radical (unpaired) electrons. The van der Waals surface area contributed by atoms with E-state index in [1.165, 1.54) is 7.05 Å². The smallest absolute Gasteiger partial charge is 0.481 e. The number of hydrogen-bond acceptors (Lipinski definition) is 10. The van der Waals surface area contributed by atoms with Gasteiger partial charge < -0.3 is 46.0 Å². The Kier molecular flexibility index (Phi) is 11.8. The van der Waals surface area contributed by atoms with E-state index in [1.807, 2.05) is 5.32 Å². The van der Waals surface area contributed by atoms with Crippen molar-refractivity contribution in [1.82, 2.24) is 15.6 Å². The highest BCUT2D eigenvalue weighted by Crippen LogP contribution is 2.11. The molecule has 0 saturated heterocycles. The van der Waals surface area contributed by atoms with Gasteiger partial charge in [-0.15, -0.1) is 0 Å². The van der Waals surface area contributed by atoms with Crippen LogP contribution in [0.3, 0.4) is 0 Å². The largest absolute Gasteiger partial charge is 0.489 e. The Labute approximate surface area is 204 Å². The monoisotopic (exact) mass is 512 g/mol. The number of nitrogens with one attached hydrogen (secondary N) is 2. The molecule has 36 heavy (non-hydrogen) atoms. The lowest BCUT2D eigenvalue weighted by Crippen LogP contribution is -2.51. The van der Waals surface area contributed by atoms with Crippen molar-refractivity contribution in [3.8, 4) is 0 Å². The van der Waals surface area contributed by atoms with E-state index in [4.69, 9.17) is 10.2 Å². The number of rotatable bonds is 14. The maximum absolute atomic E-state index is 12.5. The number of carbonyl (C=O) groups excluding carboxylic acids is 2. The summed E-state index contributed by atoms with van der Waals surface area (Å²) in [6.07, 6.45) is -0.487. The van der Waals surface area contributed by atoms with Crippen molar-refractivity contribution in [1.29, 1.82) is 0 Å². The summed E-state index contributed by atoms with van der Waals surface area (Å²) in [6.45, 7) is 0. The first-order valence-electron chi connectivity index (χ1n) is 10.5. The maximum Gasteiger partial charge on any atom is 0.489 e. The van der Waals surface area contributed by atoms with Gasteiger partial charge in [0, 0.05) is 31.5 Å². The van der Waals surface area contributed by atoms with Crippen molar-refractivity contribution >= 4 is 60.8 Å². The zero-order valence-electron chi connectivity index (χ0n) is 19.1. The van der Waals surface area contributed by atoms with Crippen molar-refractivity contribution < 1.29 is 59.4 Å². The Morgan fingerprint density at radius 1 is 0.889 bits per heavy atom. The molecule has 1 aromatic heterocycles. The van der Waals surface area contributed by atoms with Gasteiger partial charge in [-0.05, 0) is 30.8 Å². The molecule has 0 spiro atoms. The van der Waals surface area contributed by atoms with E-state index in [0.717, 1.165) is 17.2 Å². The number of hydrogen-bond donors (Lipinski definition) is 9. The minimum atomic E-state index is -2.08. The van der Waals surface area contributed by atoms with Crippen LogP contribution in [0.25, 0.3) is 0 Å². The minimum absolute atomic E-state index is 0.0370. The first-order valence-corrected chi connectivity index (χ1v) is 10.5. The summed E-state index contributed by atoms with van der Waals surface area (Å²) in [5.74, 6) is -4.85. The van der Waals surface area contributed by atoms with Crippen LogP contribution in [-0.4, -0.2) is 104 Å². The van der Waals surface area contributed by atoms with Crippen LogP contribution in [0.2, 0.25) is 0 Å². The highest BCUT2D eigenvalue weighted by Gasteiger charge is 2.27. The van der Waals surface area contributed by atoms with Gasteiger partial charge in [0.25, 0.3) is 0 Å². The van der Waals surface area contributed by atoms with Crippen LogP contribution in [0.15, 0.2) is 12.3 Å². The summed E-state index contributed by atoms with van der Waals surface area (Å²) in [5.41, 5.74) is -0.574. The molecule has 1 rings (SSSR count). The molecular formula is C18H26B2N4O12. The maximum atomic E-state index is 12.5. The Morgan fingerprint density at radius 3 is 1.89 bits per heavy atom. The van der Waals surface area contributed by atoms with Gasteiger partial charge >= 0.3 is 38.2 Å². The van der Waals surface area contributed by atoms with E-state index in [-0.39, 0.29) is 36.0 Å². The lowest BCUT2D eigenvalue weighted by molar-refractivity contribution is -0.140. The Morgan fingerprint density at radius 2 is 1.42 bits per heavy atom. The first-order chi connectivity index (χ1) is 16.7. The number of aliphatic carboxylic acids is 3. The fourth-order valence-electron chi connectivity index (χ4n) is 2.99. The average Bonchev–Trinajstić information content (AvgIpc) is 2.79. The number of nitrogens with zero attached hydrogens (tertiary/aromatic N) is 2. The lowest BCUT2D eigenvalue weighted by atomic mass is 9.66. The number of urea groups is 1. The minimum Gasteiger partial charge on any atom is -0.481 e. The second-order valence-corrected chi connectivity index (χ2v) is 7.60. The molecule has 0 aliphatic rings. The Hall–Kier alpha value is -3.73.